The zero-order valence-corrected chi connectivity index (χ0v) is 16.9. The number of benzene rings is 2. The first-order valence-electron chi connectivity index (χ1n) is 8.83. The molecule has 0 saturated heterocycles. The van der Waals surface area contributed by atoms with Gasteiger partial charge in [-0.2, -0.15) is 5.26 Å². The van der Waals surface area contributed by atoms with Crippen LogP contribution in [-0.2, 0) is 19.1 Å². The van der Waals surface area contributed by atoms with Gasteiger partial charge >= 0.3 is 5.97 Å². The number of nitrogens with one attached hydrogen (secondary N) is 2. The molecule has 8 heteroatoms. The van der Waals surface area contributed by atoms with Crippen molar-refractivity contribution >= 4 is 40.9 Å². The van der Waals surface area contributed by atoms with Crippen LogP contribution in [0.3, 0.4) is 0 Å². The summed E-state index contributed by atoms with van der Waals surface area (Å²) in [7, 11) is 0. The molecule has 2 aromatic rings. The Morgan fingerprint density at radius 3 is 2.59 bits per heavy atom. The second-order valence-electron chi connectivity index (χ2n) is 6.19. The van der Waals surface area contributed by atoms with Crippen molar-refractivity contribution in [3.8, 4) is 6.07 Å². The van der Waals surface area contributed by atoms with Crippen LogP contribution in [0, 0.1) is 18.3 Å². The summed E-state index contributed by atoms with van der Waals surface area (Å²) in [5, 5.41) is 14.4. The fraction of sp³-hybridized carbons (Fsp3) is 0.238. The Labute approximate surface area is 173 Å². The number of carbonyl (C=O) groups is 3. The van der Waals surface area contributed by atoms with Crippen LogP contribution in [0.4, 0.5) is 11.4 Å². The summed E-state index contributed by atoms with van der Waals surface area (Å²) in [6.45, 7) is 3.37. The van der Waals surface area contributed by atoms with Crippen molar-refractivity contribution < 1.29 is 19.1 Å². The number of esters is 1. The second kappa shape index (κ2) is 10.9. The molecule has 0 aliphatic heterocycles. The van der Waals surface area contributed by atoms with Gasteiger partial charge in [0.2, 0.25) is 5.91 Å². The summed E-state index contributed by atoms with van der Waals surface area (Å²) in [5.74, 6) is -1.35. The molecule has 7 nitrogen and oxygen atoms in total. The standard InChI is InChI=1S/C21H21N3O4S/c1-14-6-5-8-17(10-14)23-19(25)12-29-13-20(26)28-15(2)21(27)24-18-9-4-3-7-16(18)11-22/h3-10,15H,12-13H2,1-2H3,(H,23,25)(H,24,27)/t15-/m0/s1. The fourth-order valence-corrected chi connectivity index (χ4v) is 2.95. The highest BCUT2D eigenvalue weighted by atomic mass is 32.2. The van der Waals surface area contributed by atoms with E-state index in [1.165, 1.54) is 6.92 Å². The number of carbonyl (C=O) groups excluding carboxylic acids is 3. The highest BCUT2D eigenvalue weighted by Gasteiger charge is 2.19. The van der Waals surface area contributed by atoms with Crippen molar-refractivity contribution in [1.29, 1.82) is 5.26 Å². The predicted octanol–water partition coefficient (Wildman–Crippen LogP) is 3.11. The molecular weight excluding hydrogens is 390 g/mol. The maximum Gasteiger partial charge on any atom is 0.316 e. The van der Waals surface area contributed by atoms with Gasteiger partial charge in [0.15, 0.2) is 6.10 Å². The van der Waals surface area contributed by atoms with Crippen LogP contribution >= 0.6 is 11.8 Å². The van der Waals surface area contributed by atoms with E-state index in [2.05, 4.69) is 10.6 Å². The van der Waals surface area contributed by atoms with E-state index in [1.54, 1.807) is 30.3 Å². The largest absolute Gasteiger partial charge is 0.452 e. The van der Waals surface area contributed by atoms with Gasteiger partial charge in [0.05, 0.1) is 22.8 Å². The van der Waals surface area contributed by atoms with E-state index in [4.69, 9.17) is 10.00 Å². The van der Waals surface area contributed by atoms with Crippen molar-refractivity contribution in [3.05, 3.63) is 59.7 Å². The maximum absolute atomic E-state index is 12.2. The third-order valence-electron chi connectivity index (χ3n) is 3.74. The third kappa shape index (κ3) is 7.31. The van der Waals surface area contributed by atoms with Gasteiger partial charge in [-0.1, -0.05) is 24.3 Å². The van der Waals surface area contributed by atoms with Crippen LogP contribution in [0.25, 0.3) is 0 Å². The molecule has 1 atom stereocenters. The lowest BCUT2D eigenvalue weighted by atomic mass is 10.2. The number of ether oxygens (including phenoxy) is 1. The van der Waals surface area contributed by atoms with Crippen LogP contribution in [0.1, 0.15) is 18.1 Å². The molecule has 0 aromatic heterocycles. The molecule has 0 heterocycles. The normalized spacial score (nSPS) is 11.1. The Balaban J connectivity index is 1.73. The predicted molar refractivity (Wildman–Crippen MR) is 112 cm³/mol. The topological polar surface area (TPSA) is 108 Å². The Kier molecular flexibility index (Phi) is 8.25. The molecule has 0 saturated carbocycles. The number of thioether (sulfide) groups is 1. The molecule has 0 radical (unpaired) electrons. The molecule has 2 N–H and O–H groups in total. The number of amides is 2. The smallest absolute Gasteiger partial charge is 0.316 e. The van der Waals surface area contributed by atoms with E-state index < -0.39 is 18.0 Å². The van der Waals surface area contributed by atoms with Crippen LogP contribution in [-0.4, -0.2) is 35.4 Å². The second-order valence-corrected chi connectivity index (χ2v) is 7.17. The Hall–Kier alpha value is -3.31. The summed E-state index contributed by atoms with van der Waals surface area (Å²) in [5.41, 5.74) is 2.39. The highest BCUT2D eigenvalue weighted by Crippen LogP contribution is 2.14. The number of para-hydroxylation sites is 1. The summed E-state index contributed by atoms with van der Waals surface area (Å²) >= 11 is 1.10. The van der Waals surface area contributed by atoms with Crippen molar-refractivity contribution in [1.82, 2.24) is 0 Å². The number of anilines is 2. The lowest BCUT2D eigenvalue weighted by Gasteiger charge is -2.14. The zero-order valence-electron chi connectivity index (χ0n) is 16.1. The molecule has 0 aliphatic carbocycles. The Morgan fingerprint density at radius 1 is 1.10 bits per heavy atom. The molecule has 0 unspecified atom stereocenters. The molecule has 2 aromatic carbocycles. The number of nitriles is 1. The Bertz CT molecular complexity index is 940. The van der Waals surface area contributed by atoms with Gasteiger partial charge in [-0.15, -0.1) is 11.8 Å². The van der Waals surface area contributed by atoms with Crippen LogP contribution < -0.4 is 10.6 Å². The minimum absolute atomic E-state index is 0.0619. The lowest BCUT2D eigenvalue weighted by molar-refractivity contribution is -0.150. The van der Waals surface area contributed by atoms with E-state index >= 15 is 0 Å². The summed E-state index contributed by atoms with van der Waals surface area (Å²) in [4.78, 5) is 36.0. The molecule has 0 bridgehead atoms. The molecule has 0 fully saturated rings. The lowest BCUT2D eigenvalue weighted by Crippen LogP contribution is -2.31. The van der Waals surface area contributed by atoms with Gasteiger partial charge in [0, 0.05) is 5.69 Å². The molecular formula is C21H21N3O4S. The zero-order chi connectivity index (χ0) is 21.2. The van der Waals surface area contributed by atoms with Crippen LogP contribution in [0.15, 0.2) is 48.5 Å². The van der Waals surface area contributed by atoms with E-state index in [-0.39, 0.29) is 17.4 Å². The molecule has 2 amide bonds. The van der Waals surface area contributed by atoms with Crippen molar-refractivity contribution in [2.45, 2.75) is 20.0 Å². The third-order valence-corrected chi connectivity index (χ3v) is 4.64. The van der Waals surface area contributed by atoms with Crippen LogP contribution in [0.5, 0.6) is 0 Å². The average Bonchev–Trinajstić information content (AvgIpc) is 2.68. The first-order chi connectivity index (χ1) is 13.9. The van der Waals surface area contributed by atoms with Crippen molar-refractivity contribution in [2.24, 2.45) is 0 Å². The minimum Gasteiger partial charge on any atom is -0.452 e. The number of aryl methyl sites for hydroxylation is 1. The van der Waals surface area contributed by atoms with Gasteiger partial charge in [0.1, 0.15) is 6.07 Å². The summed E-state index contributed by atoms with van der Waals surface area (Å²) in [6.07, 6.45) is -1.03. The molecule has 0 spiro atoms. The average molecular weight is 411 g/mol. The number of nitrogens with zero attached hydrogens (tertiary/aromatic N) is 1. The van der Waals surface area contributed by atoms with E-state index in [9.17, 15) is 14.4 Å². The molecule has 0 aliphatic rings. The summed E-state index contributed by atoms with van der Waals surface area (Å²) in [6, 6.07) is 15.9. The SMILES string of the molecule is Cc1cccc(NC(=O)CSCC(=O)O[C@@H](C)C(=O)Nc2ccccc2C#N)c1. The quantitative estimate of drug-likeness (QED) is 0.646. The van der Waals surface area contributed by atoms with Gasteiger partial charge in [-0.3, -0.25) is 14.4 Å². The van der Waals surface area contributed by atoms with E-state index in [0.717, 1.165) is 17.3 Å². The van der Waals surface area contributed by atoms with E-state index in [0.29, 0.717) is 16.9 Å². The van der Waals surface area contributed by atoms with E-state index in [1.807, 2.05) is 31.2 Å². The van der Waals surface area contributed by atoms with Gasteiger partial charge in [0.25, 0.3) is 5.91 Å². The number of hydrogen-bond donors (Lipinski definition) is 2. The number of hydrogen-bond acceptors (Lipinski definition) is 6. The van der Waals surface area contributed by atoms with Gasteiger partial charge in [-0.05, 0) is 43.7 Å². The highest BCUT2D eigenvalue weighted by molar-refractivity contribution is 8.00. The molecule has 29 heavy (non-hydrogen) atoms. The first-order valence-corrected chi connectivity index (χ1v) is 9.98. The minimum atomic E-state index is -1.03. The molecule has 150 valence electrons. The van der Waals surface area contributed by atoms with Gasteiger partial charge < -0.3 is 15.4 Å². The molecule has 2 rings (SSSR count). The Morgan fingerprint density at radius 2 is 1.86 bits per heavy atom. The maximum atomic E-state index is 12.2. The van der Waals surface area contributed by atoms with Crippen molar-refractivity contribution in [3.63, 3.8) is 0 Å². The number of rotatable bonds is 8. The monoisotopic (exact) mass is 411 g/mol. The van der Waals surface area contributed by atoms with Crippen LogP contribution in [0.2, 0.25) is 0 Å². The first kappa shape index (κ1) is 22.0. The fourth-order valence-electron chi connectivity index (χ4n) is 2.36. The van der Waals surface area contributed by atoms with Crippen molar-refractivity contribution in [2.75, 3.05) is 22.1 Å². The van der Waals surface area contributed by atoms with Gasteiger partial charge in [-0.25, -0.2) is 0 Å². The summed E-state index contributed by atoms with van der Waals surface area (Å²) < 4.78 is 5.09.